The number of carbonyl (C=O) groups is 2. The van der Waals surface area contributed by atoms with E-state index < -0.39 is 23.7 Å². The van der Waals surface area contributed by atoms with Gasteiger partial charge in [-0.1, -0.05) is 12.2 Å². The first-order chi connectivity index (χ1) is 8.60. The highest BCUT2D eigenvalue weighted by Gasteiger charge is 2.39. The summed E-state index contributed by atoms with van der Waals surface area (Å²) in [7, 11) is 0. The molecule has 19 heavy (non-hydrogen) atoms. The third-order valence-corrected chi connectivity index (χ3v) is 2.50. The van der Waals surface area contributed by atoms with Crippen molar-refractivity contribution in [2.75, 3.05) is 6.54 Å². The molecule has 108 valence electrons. The summed E-state index contributed by atoms with van der Waals surface area (Å²) < 4.78 is 10.5. The van der Waals surface area contributed by atoms with Crippen molar-refractivity contribution in [3.63, 3.8) is 0 Å². The van der Waals surface area contributed by atoms with Crippen LogP contribution in [-0.4, -0.2) is 41.3 Å². The van der Waals surface area contributed by atoms with Gasteiger partial charge in [-0.3, -0.25) is 4.90 Å². The van der Waals surface area contributed by atoms with Crippen LogP contribution in [0.15, 0.2) is 12.2 Å². The Labute approximate surface area is 114 Å². The van der Waals surface area contributed by atoms with Gasteiger partial charge in [0, 0.05) is 13.0 Å². The van der Waals surface area contributed by atoms with Crippen molar-refractivity contribution in [2.24, 2.45) is 0 Å². The molecule has 0 aliphatic carbocycles. The molecule has 0 aromatic carbocycles. The molecule has 0 bridgehead atoms. The number of ether oxygens (including phenoxy) is 2. The summed E-state index contributed by atoms with van der Waals surface area (Å²) in [6.07, 6.45) is -0.274. The van der Waals surface area contributed by atoms with Gasteiger partial charge in [-0.05, 0) is 34.6 Å². The van der Waals surface area contributed by atoms with Gasteiger partial charge in [-0.2, -0.15) is 0 Å². The fourth-order valence-corrected chi connectivity index (χ4v) is 1.83. The lowest BCUT2D eigenvalue weighted by molar-refractivity contribution is -0.152. The van der Waals surface area contributed by atoms with Crippen molar-refractivity contribution in [3.05, 3.63) is 12.2 Å². The minimum atomic E-state index is -0.621. The molecule has 0 aromatic heterocycles. The molecule has 0 unspecified atom stereocenters. The monoisotopic (exact) mass is 269 g/mol. The van der Waals surface area contributed by atoms with Gasteiger partial charge in [-0.15, -0.1) is 0 Å². The summed E-state index contributed by atoms with van der Waals surface area (Å²) in [4.78, 5) is 25.4. The Hall–Kier alpha value is -1.52. The van der Waals surface area contributed by atoms with Gasteiger partial charge in [0.25, 0.3) is 0 Å². The fraction of sp³-hybridized carbons (Fsp3) is 0.714. The van der Waals surface area contributed by atoms with Crippen LogP contribution in [0.25, 0.3) is 0 Å². The smallest absolute Gasteiger partial charge is 0.411 e. The van der Waals surface area contributed by atoms with Crippen molar-refractivity contribution in [3.8, 4) is 0 Å². The molecule has 1 aliphatic rings. The normalized spacial score (nSPS) is 19.8. The highest BCUT2D eigenvalue weighted by molar-refractivity contribution is 5.83. The predicted molar refractivity (Wildman–Crippen MR) is 71.7 cm³/mol. The Morgan fingerprint density at radius 2 is 1.95 bits per heavy atom. The van der Waals surface area contributed by atoms with E-state index in [9.17, 15) is 9.59 Å². The molecule has 1 saturated heterocycles. The van der Waals surface area contributed by atoms with Crippen molar-refractivity contribution in [2.45, 2.75) is 58.8 Å². The second-order valence-corrected chi connectivity index (χ2v) is 6.06. The molecule has 1 fully saturated rings. The van der Waals surface area contributed by atoms with Gasteiger partial charge in [0.05, 0.1) is 6.10 Å². The van der Waals surface area contributed by atoms with Crippen molar-refractivity contribution >= 4 is 12.1 Å². The molecular formula is C14H23NO4. The zero-order chi connectivity index (χ0) is 14.8. The van der Waals surface area contributed by atoms with Gasteiger partial charge in [-0.25, -0.2) is 9.59 Å². The van der Waals surface area contributed by atoms with Gasteiger partial charge in [0.15, 0.2) is 0 Å². The van der Waals surface area contributed by atoms with Crippen LogP contribution in [0, 0.1) is 0 Å². The van der Waals surface area contributed by atoms with Crippen LogP contribution in [0.5, 0.6) is 0 Å². The second kappa shape index (κ2) is 5.63. The molecule has 1 atom stereocenters. The first kappa shape index (κ1) is 15.5. The summed E-state index contributed by atoms with van der Waals surface area (Å²) in [6.45, 7) is 13.1. The molecule has 0 aromatic rings. The predicted octanol–water partition coefficient (Wildman–Crippen LogP) is 2.50. The van der Waals surface area contributed by atoms with Crippen LogP contribution in [0.1, 0.15) is 41.0 Å². The Morgan fingerprint density at radius 1 is 1.37 bits per heavy atom. The van der Waals surface area contributed by atoms with Gasteiger partial charge in [0.2, 0.25) is 0 Å². The number of likely N-dealkylation sites (tertiary alicyclic amines) is 1. The number of rotatable bonds is 2. The summed E-state index contributed by atoms with van der Waals surface area (Å²) in [6, 6.07) is -0.621. The largest absolute Gasteiger partial charge is 0.461 e. The average Bonchev–Trinajstić information content (AvgIpc) is 2.56. The minimum Gasteiger partial charge on any atom is -0.461 e. The highest BCUT2D eigenvalue weighted by atomic mass is 16.6. The molecule has 1 heterocycles. The Morgan fingerprint density at radius 3 is 2.42 bits per heavy atom. The number of hydrogen-bond acceptors (Lipinski definition) is 4. The maximum Gasteiger partial charge on any atom is 0.411 e. The van der Waals surface area contributed by atoms with E-state index in [1.54, 1.807) is 34.6 Å². The SMILES string of the molecule is C=C1C[C@@H](C(=O)OC(C)C)N(C(=O)OC(C)(C)C)C1. The Balaban J connectivity index is 2.77. The number of hydrogen-bond donors (Lipinski definition) is 0. The molecule has 1 aliphatic heterocycles. The third-order valence-electron chi connectivity index (χ3n) is 2.50. The zero-order valence-corrected chi connectivity index (χ0v) is 12.4. The lowest BCUT2D eigenvalue weighted by Gasteiger charge is -2.27. The molecule has 0 saturated carbocycles. The lowest BCUT2D eigenvalue weighted by atomic mass is 10.2. The molecule has 5 heteroatoms. The number of amides is 1. The Bertz CT molecular complexity index is 381. The summed E-state index contributed by atoms with van der Waals surface area (Å²) in [5.41, 5.74) is 0.240. The zero-order valence-electron chi connectivity index (χ0n) is 12.4. The summed E-state index contributed by atoms with van der Waals surface area (Å²) in [5, 5.41) is 0. The van der Waals surface area contributed by atoms with Crippen molar-refractivity contribution in [1.29, 1.82) is 0 Å². The third kappa shape index (κ3) is 4.58. The van der Waals surface area contributed by atoms with Crippen LogP contribution >= 0.6 is 0 Å². The molecule has 0 spiro atoms. The number of nitrogens with zero attached hydrogens (tertiary/aromatic N) is 1. The van der Waals surface area contributed by atoms with Crippen LogP contribution in [0.3, 0.4) is 0 Å². The second-order valence-electron chi connectivity index (χ2n) is 6.06. The molecular weight excluding hydrogens is 246 g/mol. The van der Waals surface area contributed by atoms with E-state index in [1.807, 2.05) is 0 Å². The standard InChI is InChI=1S/C14H23NO4/c1-9(2)18-12(16)11-7-10(3)8-15(11)13(17)19-14(4,5)6/h9,11H,3,7-8H2,1-2,4-6H3/t11-/m0/s1. The quantitative estimate of drug-likeness (QED) is 0.571. The van der Waals surface area contributed by atoms with Crippen LogP contribution < -0.4 is 0 Å². The topological polar surface area (TPSA) is 55.8 Å². The van der Waals surface area contributed by atoms with E-state index in [2.05, 4.69) is 6.58 Å². The summed E-state index contributed by atoms with van der Waals surface area (Å²) >= 11 is 0. The lowest BCUT2D eigenvalue weighted by Crippen LogP contribution is -2.44. The number of carbonyl (C=O) groups excluding carboxylic acids is 2. The van der Waals surface area contributed by atoms with Gasteiger partial charge >= 0.3 is 12.1 Å². The first-order valence-corrected chi connectivity index (χ1v) is 6.47. The molecule has 0 N–H and O–H groups in total. The fourth-order valence-electron chi connectivity index (χ4n) is 1.83. The molecule has 1 rings (SSSR count). The van der Waals surface area contributed by atoms with Crippen molar-refractivity contribution < 1.29 is 19.1 Å². The molecule has 5 nitrogen and oxygen atoms in total. The maximum atomic E-state index is 12.1. The highest BCUT2D eigenvalue weighted by Crippen LogP contribution is 2.25. The summed E-state index contributed by atoms with van der Waals surface area (Å²) in [5.74, 6) is -0.403. The minimum absolute atomic E-state index is 0.207. The van der Waals surface area contributed by atoms with E-state index in [-0.39, 0.29) is 6.10 Å². The van der Waals surface area contributed by atoms with Crippen LogP contribution in [-0.2, 0) is 14.3 Å². The van der Waals surface area contributed by atoms with Gasteiger partial charge < -0.3 is 9.47 Å². The van der Waals surface area contributed by atoms with E-state index in [1.165, 1.54) is 4.90 Å². The van der Waals surface area contributed by atoms with Crippen LogP contribution in [0.2, 0.25) is 0 Å². The van der Waals surface area contributed by atoms with E-state index in [0.717, 1.165) is 5.57 Å². The van der Waals surface area contributed by atoms with E-state index in [4.69, 9.17) is 9.47 Å². The Kier molecular flexibility index (Phi) is 4.61. The van der Waals surface area contributed by atoms with Gasteiger partial charge in [0.1, 0.15) is 11.6 Å². The van der Waals surface area contributed by atoms with E-state index in [0.29, 0.717) is 13.0 Å². The molecule has 1 amide bonds. The first-order valence-electron chi connectivity index (χ1n) is 6.47. The number of esters is 1. The average molecular weight is 269 g/mol. The van der Waals surface area contributed by atoms with Crippen LogP contribution in [0.4, 0.5) is 4.79 Å². The molecule has 0 radical (unpaired) electrons. The maximum absolute atomic E-state index is 12.1. The van der Waals surface area contributed by atoms with Crippen molar-refractivity contribution in [1.82, 2.24) is 4.90 Å². The van der Waals surface area contributed by atoms with E-state index >= 15 is 0 Å².